The fraction of sp³-hybridized carbons (Fsp3) is 0.364. The second-order valence-corrected chi connectivity index (χ2v) is 6.52. The van der Waals surface area contributed by atoms with Gasteiger partial charge in [-0.2, -0.15) is 0 Å². The highest BCUT2D eigenvalue weighted by molar-refractivity contribution is 7.61. The van der Waals surface area contributed by atoms with Crippen LogP contribution < -0.4 is 22.1 Å². The molecule has 0 aliphatic carbocycles. The zero-order valence-electron chi connectivity index (χ0n) is 10.5. The van der Waals surface area contributed by atoms with Crippen LogP contribution in [-0.2, 0) is 9.36 Å². The molecule has 7 N–H and O–H groups in total. The van der Waals surface area contributed by atoms with E-state index in [0.29, 0.717) is 30.8 Å². The first-order valence-corrected chi connectivity index (χ1v) is 7.73. The monoisotopic (exact) mass is 283 g/mol. The molecule has 2 atom stereocenters. The molecule has 1 heterocycles. The molecule has 0 spiro atoms. The maximum absolute atomic E-state index is 12.5. The van der Waals surface area contributed by atoms with Gasteiger partial charge in [-0.3, -0.25) is 14.0 Å². The molecule has 104 valence electrons. The number of carbonyl (C=O) groups excluding carboxylic acids is 1. The molecule has 2 rings (SSSR count). The highest BCUT2D eigenvalue weighted by atomic mass is 31.2. The summed E-state index contributed by atoms with van der Waals surface area (Å²) in [5.74, 6) is -0.375. The van der Waals surface area contributed by atoms with Gasteiger partial charge in [0.25, 0.3) is 0 Å². The first kappa shape index (κ1) is 13.9. The Morgan fingerprint density at radius 1 is 1.32 bits per heavy atom. The average molecular weight is 283 g/mol. The van der Waals surface area contributed by atoms with Gasteiger partial charge in [0.1, 0.15) is 0 Å². The van der Waals surface area contributed by atoms with Crippen LogP contribution in [0.1, 0.15) is 12.8 Å². The summed E-state index contributed by atoms with van der Waals surface area (Å²) >= 11 is 0. The normalized spacial score (nSPS) is 22.9. The number of anilines is 2. The van der Waals surface area contributed by atoms with Gasteiger partial charge in [-0.25, -0.2) is 5.50 Å². The summed E-state index contributed by atoms with van der Waals surface area (Å²) in [5, 5.41) is 2.69. The molecule has 1 amide bonds. The Morgan fingerprint density at radius 3 is 2.58 bits per heavy atom. The van der Waals surface area contributed by atoms with Crippen LogP contribution in [0.4, 0.5) is 11.4 Å². The van der Waals surface area contributed by atoms with Crippen LogP contribution in [0.15, 0.2) is 24.3 Å². The molecule has 19 heavy (non-hydrogen) atoms. The molecule has 8 heteroatoms. The molecule has 1 aliphatic rings. The van der Waals surface area contributed by atoms with E-state index in [2.05, 4.69) is 5.09 Å². The molecule has 1 aromatic carbocycles. The number of benzene rings is 1. The number of hydrogen-bond donors (Lipinski definition) is 4. The summed E-state index contributed by atoms with van der Waals surface area (Å²) in [5.41, 5.74) is 18.1. The van der Waals surface area contributed by atoms with E-state index in [-0.39, 0.29) is 5.91 Å². The molecule has 1 unspecified atom stereocenters. The number of rotatable bonds is 3. The highest BCUT2D eigenvalue weighted by Crippen LogP contribution is 2.43. The van der Waals surface area contributed by atoms with Crippen molar-refractivity contribution in [1.82, 2.24) is 4.67 Å². The molecular weight excluding hydrogens is 265 g/mol. The topological polar surface area (TPSA) is 127 Å². The van der Waals surface area contributed by atoms with Crippen molar-refractivity contribution in [2.24, 2.45) is 11.2 Å². The van der Waals surface area contributed by atoms with E-state index in [0.717, 1.165) is 4.67 Å². The van der Waals surface area contributed by atoms with Gasteiger partial charge in [-0.15, -0.1) is 0 Å². The summed E-state index contributed by atoms with van der Waals surface area (Å²) in [6.07, 6.45) is 1.29. The fourth-order valence-corrected chi connectivity index (χ4v) is 3.50. The third-order valence-corrected chi connectivity index (χ3v) is 4.71. The van der Waals surface area contributed by atoms with Gasteiger partial charge in [-0.1, -0.05) is 0 Å². The number of carbonyl (C=O) groups is 1. The Labute approximate surface area is 111 Å². The van der Waals surface area contributed by atoms with Gasteiger partial charge in [0, 0.05) is 17.9 Å². The Morgan fingerprint density at radius 2 is 1.95 bits per heavy atom. The van der Waals surface area contributed by atoms with Crippen LogP contribution in [0.3, 0.4) is 0 Å². The predicted octanol–water partition coefficient (Wildman–Crippen LogP) is 0.697. The number of nitrogens with one attached hydrogen (secondary N) is 1. The van der Waals surface area contributed by atoms with Crippen molar-refractivity contribution >= 4 is 24.9 Å². The van der Waals surface area contributed by atoms with Crippen molar-refractivity contribution in [2.45, 2.75) is 18.9 Å². The van der Waals surface area contributed by atoms with Crippen molar-refractivity contribution in [3.63, 3.8) is 0 Å². The van der Waals surface area contributed by atoms with E-state index in [1.54, 1.807) is 24.3 Å². The van der Waals surface area contributed by atoms with E-state index in [4.69, 9.17) is 17.0 Å². The van der Waals surface area contributed by atoms with E-state index in [1.165, 1.54) is 0 Å². The van der Waals surface area contributed by atoms with Crippen molar-refractivity contribution in [3.05, 3.63) is 24.3 Å². The summed E-state index contributed by atoms with van der Waals surface area (Å²) in [6, 6.07) is 6.00. The number of hydrogen-bond acceptors (Lipinski definition) is 4. The van der Waals surface area contributed by atoms with Gasteiger partial charge in [0.05, 0.1) is 6.04 Å². The second kappa shape index (κ2) is 5.21. The number of piperidine rings is 1. The Kier molecular flexibility index (Phi) is 3.80. The van der Waals surface area contributed by atoms with Gasteiger partial charge >= 0.3 is 7.59 Å². The van der Waals surface area contributed by atoms with Crippen LogP contribution in [0, 0.1) is 0 Å². The number of nitrogen functional groups attached to an aromatic ring is 1. The summed E-state index contributed by atoms with van der Waals surface area (Å²) in [4.78, 5) is 11.9. The molecule has 0 bridgehead atoms. The van der Waals surface area contributed by atoms with E-state index in [9.17, 15) is 9.36 Å². The minimum atomic E-state index is -3.49. The summed E-state index contributed by atoms with van der Waals surface area (Å²) in [7, 11) is -3.49. The van der Waals surface area contributed by atoms with Crippen molar-refractivity contribution in [3.8, 4) is 0 Å². The van der Waals surface area contributed by atoms with Crippen LogP contribution in [0.5, 0.6) is 0 Å². The lowest BCUT2D eigenvalue weighted by Gasteiger charge is -2.34. The molecule has 1 aromatic rings. The number of nitrogens with two attached hydrogens (primary N) is 3. The predicted molar refractivity (Wildman–Crippen MR) is 75.2 cm³/mol. The standard InChI is InChI=1S/C11H18N5O2P/c12-8-3-5-9(6-4-8)15-19(14,18)16-7-1-2-10(13)11(16)17/h3-6,10H,1-2,7,12-13H2,(H3,14,15,18)/t10-,19?/m0/s1. The Balaban J connectivity index is 2.15. The van der Waals surface area contributed by atoms with E-state index >= 15 is 0 Å². The second-order valence-electron chi connectivity index (χ2n) is 4.57. The lowest BCUT2D eigenvalue weighted by atomic mass is 10.1. The third kappa shape index (κ3) is 3.07. The third-order valence-electron chi connectivity index (χ3n) is 3.02. The smallest absolute Gasteiger partial charge is 0.330 e. The average Bonchev–Trinajstić information content (AvgIpc) is 2.35. The maximum Gasteiger partial charge on any atom is 0.330 e. The first-order chi connectivity index (χ1) is 8.90. The van der Waals surface area contributed by atoms with Gasteiger partial charge in [0.15, 0.2) is 0 Å². The minimum absolute atomic E-state index is 0.349. The fourth-order valence-electron chi connectivity index (χ4n) is 1.98. The zero-order chi connectivity index (χ0) is 14.0. The quantitative estimate of drug-likeness (QED) is 0.477. The van der Waals surface area contributed by atoms with Crippen molar-refractivity contribution < 1.29 is 9.36 Å². The van der Waals surface area contributed by atoms with Gasteiger partial charge in [-0.05, 0) is 37.1 Å². The largest absolute Gasteiger partial charge is 0.399 e. The Hall–Kier alpha value is -1.56. The first-order valence-electron chi connectivity index (χ1n) is 6.00. The van der Waals surface area contributed by atoms with Crippen molar-refractivity contribution in [1.29, 1.82) is 0 Å². The maximum atomic E-state index is 12.5. The summed E-state index contributed by atoms with van der Waals surface area (Å²) < 4.78 is 13.6. The lowest BCUT2D eigenvalue weighted by molar-refractivity contribution is -0.129. The zero-order valence-corrected chi connectivity index (χ0v) is 11.3. The van der Waals surface area contributed by atoms with Gasteiger partial charge < -0.3 is 16.6 Å². The molecular formula is C11H18N5O2P. The van der Waals surface area contributed by atoms with E-state index < -0.39 is 13.6 Å². The molecule has 0 aromatic heterocycles. The SMILES string of the molecule is Nc1ccc(NP(N)(=O)N2CCC[C@H](N)C2=O)cc1. The molecule has 1 fully saturated rings. The molecule has 1 aliphatic heterocycles. The Bertz CT molecular complexity index is 518. The van der Waals surface area contributed by atoms with Crippen LogP contribution >= 0.6 is 7.59 Å². The molecule has 7 nitrogen and oxygen atoms in total. The van der Waals surface area contributed by atoms with Crippen molar-refractivity contribution in [2.75, 3.05) is 17.4 Å². The molecule has 0 radical (unpaired) electrons. The van der Waals surface area contributed by atoms with Crippen LogP contribution in [0.25, 0.3) is 0 Å². The van der Waals surface area contributed by atoms with E-state index in [1.807, 2.05) is 0 Å². The lowest BCUT2D eigenvalue weighted by Crippen LogP contribution is -2.48. The minimum Gasteiger partial charge on any atom is -0.399 e. The molecule has 0 saturated carbocycles. The molecule has 1 saturated heterocycles. The van der Waals surface area contributed by atoms with Crippen LogP contribution in [-0.4, -0.2) is 23.2 Å². The number of nitrogens with zero attached hydrogens (tertiary/aromatic N) is 1. The van der Waals surface area contributed by atoms with Gasteiger partial charge in [0.2, 0.25) is 5.91 Å². The summed E-state index contributed by atoms with van der Waals surface area (Å²) in [6.45, 7) is 0.349. The van der Waals surface area contributed by atoms with Crippen LogP contribution in [0.2, 0.25) is 0 Å². The highest BCUT2D eigenvalue weighted by Gasteiger charge is 2.36. The number of amides is 1.